The summed E-state index contributed by atoms with van der Waals surface area (Å²) in [5.74, 6) is 0.578. The van der Waals surface area contributed by atoms with E-state index >= 15 is 0 Å². The molecular weight excluding hydrogens is 487 g/mol. The molecule has 1 atom stereocenters. The minimum absolute atomic E-state index is 0.0816. The van der Waals surface area contributed by atoms with Crippen LogP contribution in [0.4, 0.5) is 14.9 Å². The van der Waals surface area contributed by atoms with Crippen LogP contribution in [0.3, 0.4) is 0 Å². The number of halogens is 1. The Labute approximate surface area is 210 Å². The van der Waals surface area contributed by atoms with E-state index in [0.29, 0.717) is 29.2 Å². The first-order chi connectivity index (χ1) is 17.2. The van der Waals surface area contributed by atoms with Crippen molar-refractivity contribution in [2.75, 3.05) is 19.5 Å². The molecule has 0 heterocycles. The molecule has 0 aliphatic heterocycles. The van der Waals surface area contributed by atoms with E-state index in [-0.39, 0.29) is 29.3 Å². The number of urea groups is 1. The van der Waals surface area contributed by atoms with E-state index in [4.69, 9.17) is 13.7 Å². The number of hydrogen-bond acceptors (Lipinski definition) is 6. The average Bonchev–Trinajstić information content (AvgIpc) is 2.87. The maximum atomic E-state index is 13.2. The predicted molar refractivity (Wildman–Crippen MR) is 135 cm³/mol. The Bertz CT molecular complexity index is 1300. The molecule has 2 amide bonds. The molecule has 10 heteroatoms. The summed E-state index contributed by atoms with van der Waals surface area (Å²) in [7, 11) is -1.11. The third-order valence-corrected chi connectivity index (χ3v) is 6.86. The van der Waals surface area contributed by atoms with Gasteiger partial charge in [-0.1, -0.05) is 19.1 Å². The summed E-state index contributed by atoms with van der Waals surface area (Å²) in [6.07, 6.45) is 0.697. The molecule has 192 valence electrons. The van der Waals surface area contributed by atoms with Gasteiger partial charge >= 0.3 is 16.1 Å². The minimum Gasteiger partial charge on any atom is -0.497 e. The Balaban J connectivity index is 1.80. The van der Waals surface area contributed by atoms with Crippen molar-refractivity contribution in [1.82, 2.24) is 4.90 Å². The predicted octanol–water partition coefficient (Wildman–Crippen LogP) is 5.44. The van der Waals surface area contributed by atoms with E-state index in [1.54, 1.807) is 48.4 Å². The van der Waals surface area contributed by atoms with Crippen LogP contribution in [-0.4, -0.2) is 39.6 Å². The van der Waals surface area contributed by atoms with Crippen molar-refractivity contribution in [2.24, 2.45) is 0 Å². The van der Waals surface area contributed by atoms with Gasteiger partial charge in [-0.15, -0.1) is 0 Å². The number of rotatable bonds is 10. The zero-order chi connectivity index (χ0) is 26.3. The van der Waals surface area contributed by atoms with Crippen LogP contribution in [0.25, 0.3) is 0 Å². The van der Waals surface area contributed by atoms with Gasteiger partial charge < -0.3 is 23.9 Å². The second-order valence-corrected chi connectivity index (χ2v) is 9.57. The highest BCUT2D eigenvalue weighted by Gasteiger charge is 2.22. The monoisotopic (exact) mass is 516 g/mol. The van der Waals surface area contributed by atoms with Crippen molar-refractivity contribution >= 4 is 21.8 Å². The van der Waals surface area contributed by atoms with Crippen molar-refractivity contribution < 1.29 is 31.3 Å². The van der Waals surface area contributed by atoms with Crippen molar-refractivity contribution in [1.29, 1.82) is 0 Å². The summed E-state index contributed by atoms with van der Waals surface area (Å²) in [6, 6.07) is 15.4. The number of nitrogens with one attached hydrogen (secondary N) is 1. The summed E-state index contributed by atoms with van der Waals surface area (Å²) in [5, 5.41) is 2.88. The molecule has 0 radical (unpaired) electrons. The Hall–Kier alpha value is -3.79. The highest BCUT2D eigenvalue weighted by molar-refractivity contribution is 7.87. The number of carbonyl (C=O) groups excluding carboxylic acids is 1. The first kappa shape index (κ1) is 26.8. The SMILES string of the molecule is CCC(C)N(Cc1cccc(OS(=O)(=O)c2ccc(F)cc2)c1)C(=O)Nc1ccc(OC)cc1OC. The van der Waals surface area contributed by atoms with Crippen LogP contribution >= 0.6 is 0 Å². The lowest BCUT2D eigenvalue weighted by molar-refractivity contribution is 0.187. The number of ether oxygens (including phenoxy) is 2. The van der Waals surface area contributed by atoms with Gasteiger partial charge in [0.1, 0.15) is 28.0 Å². The number of benzene rings is 3. The summed E-state index contributed by atoms with van der Waals surface area (Å²) in [4.78, 5) is 14.7. The molecule has 8 nitrogen and oxygen atoms in total. The van der Waals surface area contributed by atoms with Crippen LogP contribution in [0, 0.1) is 5.82 Å². The standard InChI is InChI=1S/C26H29FN2O6S/c1-5-18(2)29(26(30)28-24-14-11-21(33-3)16-25(24)34-4)17-19-7-6-8-22(15-19)35-36(31,32)23-12-9-20(27)10-13-23/h6-16,18H,5,17H2,1-4H3,(H,28,30). The van der Waals surface area contributed by atoms with Gasteiger partial charge in [0.15, 0.2) is 0 Å². The van der Waals surface area contributed by atoms with Crippen LogP contribution < -0.4 is 19.0 Å². The third kappa shape index (κ3) is 6.66. The van der Waals surface area contributed by atoms with E-state index in [9.17, 15) is 17.6 Å². The Morgan fingerprint density at radius 3 is 2.36 bits per heavy atom. The number of anilines is 1. The fraction of sp³-hybridized carbons (Fsp3) is 0.269. The van der Waals surface area contributed by atoms with E-state index in [2.05, 4.69) is 5.32 Å². The minimum atomic E-state index is -4.15. The lowest BCUT2D eigenvalue weighted by atomic mass is 10.1. The van der Waals surface area contributed by atoms with Gasteiger partial charge in [-0.3, -0.25) is 0 Å². The van der Waals surface area contributed by atoms with Crippen LogP contribution in [0.2, 0.25) is 0 Å². The van der Waals surface area contributed by atoms with Gasteiger partial charge in [0, 0.05) is 18.7 Å². The molecule has 0 aliphatic rings. The Kier molecular flexibility index (Phi) is 8.76. The molecule has 0 bridgehead atoms. The van der Waals surface area contributed by atoms with Gasteiger partial charge in [-0.2, -0.15) is 8.42 Å². The third-order valence-electron chi connectivity index (χ3n) is 5.59. The number of methoxy groups -OCH3 is 2. The highest BCUT2D eigenvalue weighted by Crippen LogP contribution is 2.30. The average molecular weight is 517 g/mol. The largest absolute Gasteiger partial charge is 0.497 e. The molecule has 0 aromatic heterocycles. The molecule has 3 aromatic carbocycles. The number of amides is 2. The van der Waals surface area contributed by atoms with Crippen molar-refractivity contribution in [3.8, 4) is 17.2 Å². The molecule has 3 aromatic rings. The second-order valence-electron chi connectivity index (χ2n) is 8.02. The maximum Gasteiger partial charge on any atom is 0.339 e. The van der Waals surface area contributed by atoms with E-state index in [1.165, 1.54) is 13.2 Å². The van der Waals surface area contributed by atoms with Crippen LogP contribution in [0.15, 0.2) is 71.6 Å². The van der Waals surface area contributed by atoms with Crippen molar-refractivity contribution in [2.45, 2.75) is 37.8 Å². The lowest BCUT2D eigenvalue weighted by Gasteiger charge is -2.29. The second kappa shape index (κ2) is 11.8. The smallest absolute Gasteiger partial charge is 0.339 e. The number of hydrogen-bond donors (Lipinski definition) is 1. The van der Waals surface area contributed by atoms with Crippen LogP contribution in [0.1, 0.15) is 25.8 Å². The molecule has 0 aliphatic carbocycles. The van der Waals surface area contributed by atoms with Crippen molar-refractivity contribution in [3.63, 3.8) is 0 Å². The molecule has 36 heavy (non-hydrogen) atoms. The molecule has 0 spiro atoms. The van der Waals surface area contributed by atoms with Crippen molar-refractivity contribution in [3.05, 3.63) is 78.1 Å². The molecule has 1 unspecified atom stereocenters. The van der Waals surface area contributed by atoms with Gasteiger partial charge in [0.05, 0.1) is 19.9 Å². The van der Waals surface area contributed by atoms with E-state index < -0.39 is 15.9 Å². The topological polar surface area (TPSA) is 94.2 Å². The highest BCUT2D eigenvalue weighted by atomic mass is 32.2. The number of nitrogens with zero attached hydrogens (tertiary/aromatic N) is 1. The summed E-state index contributed by atoms with van der Waals surface area (Å²) >= 11 is 0. The Morgan fingerprint density at radius 2 is 1.72 bits per heavy atom. The maximum absolute atomic E-state index is 13.2. The summed E-state index contributed by atoms with van der Waals surface area (Å²) in [6.45, 7) is 4.09. The molecule has 1 N–H and O–H groups in total. The zero-order valence-electron chi connectivity index (χ0n) is 20.5. The molecular formula is C26H29FN2O6S. The molecule has 0 fully saturated rings. The lowest BCUT2D eigenvalue weighted by Crippen LogP contribution is -2.40. The first-order valence-corrected chi connectivity index (χ1v) is 12.7. The Morgan fingerprint density at radius 1 is 1.00 bits per heavy atom. The first-order valence-electron chi connectivity index (χ1n) is 11.3. The normalized spacial score (nSPS) is 11.9. The quantitative estimate of drug-likeness (QED) is 0.361. The van der Waals surface area contributed by atoms with E-state index in [1.807, 2.05) is 13.8 Å². The van der Waals surface area contributed by atoms with Crippen LogP contribution in [0.5, 0.6) is 17.2 Å². The van der Waals surface area contributed by atoms with Gasteiger partial charge in [-0.25, -0.2) is 9.18 Å². The van der Waals surface area contributed by atoms with Gasteiger partial charge in [-0.05, 0) is 67.4 Å². The van der Waals surface area contributed by atoms with Crippen LogP contribution in [-0.2, 0) is 16.7 Å². The summed E-state index contributed by atoms with van der Waals surface area (Å²) in [5.41, 5.74) is 1.15. The van der Waals surface area contributed by atoms with E-state index in [0.717, 1.165) is 24.3 Å². The zero-order valence-corrected chi connectivity index (χ0v) is 21.3. The number of carbonyl (C=O) groups is 1. The fourth-order valence-corrected chi connectivity index (χ4v) is 4.33. The van der Waals surface area contributed by atoms with Gasteiger partial charge in [0.2, 0.25) is 0 Å². The van der Waals surface area contributed by atoms with Gasteiger partial charge in [0.25, 0.3) is 0 Å². The molecule has 0 saturated carbocycles. The summed E-state index contributed by atoms with van der Waals surface area (Å²) < 4.78 is 54.1. The molecule has 0 saturated heterocycles. The molecule has 3 rings (SSSR count). The fourth-order valence-electron chi connectivity index (χ4n) is 3.41.